The van der Waals surface area contributed by atoms with Crippen molar-refractivity contribution in [3.05, 3.63) is 34.5 Å². The van der Waals surface area contributed by atoms with Gasteiger partial charge in [0.1, 0.15) is 41.1 Å². The lowest BCUT2D eigenvalue weighted by Crippen LogP contribution is -2.60. The van der Waals surface area contributed by atoms with Crippen molar-refractivity contribution in [1.29, 1.82) is 0 Å². The Morgan fingerprint density at radius 3 is 2.06 bits per heavy atom. The van der Waals surface area contributed by atoms with Crippen molar-refractivity contribution in [2.45, 2.75) is 30.7 Å². The molecule has 13 heteroatoms. The number of ether oxygens (including phenoxy) is 4. The minimum absolute atomic E-state index is 0.0204. The Morgan fingerprint density at radius 2 is 1.47 bits per heavy atom. The van der Waals surface area contributed by atoms with Crippen LogP contribution in [-0.2, 0) is 4.74 Å². The Hall–Kier alpha value is -3.75. The minimum atomic E-state index is -1.80. The predicted octanol–water partition coefficient (Wildman–Crippen LogP) is -0.227. The molecule has 0 amide bonds. The maximum absolute atomic E-state index is 12.8. The fourth-order valence-electron chi connectivity index (χ4n) is 3.83. The van der Waals surface area contributed by atoms with E-state index in [9.17, 15) is 40.5 Å². The summed E-state index contributed by atoms with van der Waals surface area (Å²) < 4.78 is 26.7. The molecule has 2 aromatic carbocycles. The van der Waals surface area contributed by atoms with E-state index in [1.165, 1.54) is 26.4 Å². The average Bonchev–Trinajstić information content (AvgIpc) is 2.86. The van der Waals surface area contributed by atoms with Crippen LogP contribution < -0.4 is 19.6 Å². The number of hydrogen-bond acceptors (Lipinski definition) is 13. The summed E-state index contributed by atoms with van der Waals surface area (Å²) >= 11 is 0. The summed E-state index contributed by atoms with van der Waals surface area (Å²) in [6.45, 7) is -0.711. The SMILES string of the molecule is COc1cc(-c2cc(=O)c3c(O)c(O)c(OC4OC(CO)C(O)C(O)C4O)cc3o2)cc(OC)c1O. The topological polar surface area (TPSA) is 209 Å². The zero-order valence-corrected chi connectivity index (χ0v) is 19.0. The zero-order chi connectivity index (χ0) is 26.3. The first-order valence-corrected chi connectivity index (χ1v) is 10.6. The molecular weight excluding hydrogens is 484 g/mol. The highest BCUT2D eigenvalue weighted by atomic mass is 16.7. The lowest BCUT2D eigenvalue weighted by atomic mass is 9.99. The number of aromatic hydroxyl groups is 3. The van der Waals surface area contributed by atoms with Crippen LogP contribution in [0.1, 0.15) is 0 Å². The molecule has 13 nitrogen and oxygen atoms in total. The van der Waals surface area contributed by atoms with Crippen molar-refractivity contribution in [2.24, 2.45) is 0 Å². The molecule has 2 heterocycles. The second-order valence-electron chi connectivity index (χ2n) is 7.96. The summed E-state index contributed by atoms with van der Waals surface area (Å²) in [6.07, 6.45) is -8.14. The number of phenols is 3. The molecule has 1 fully saturated rings. The van der Waals surface area contributed by atoms with E-state index < -0.39 is 60.0 Å². The van der Waals surface area contributed by atoms with Crippen LogP contribution in [0, 0.1) is 0 Å². The van der Waals surface area contributed by atoms with Gasteiger partial charge < -0.3 is 59.1 Å². The van der Waals surface area contributed by atoms with Crippen molar-refractivity contribution in [2.75, 3.05) is 20.8 Å². The number of rotatable bonds is 6. The molecule has 1 aromatic heterocycles. The molecule has 7 N–H and O–H groups in total. The molecule has 0 spiro atoms. The fraction of sp³-hybridized carbons (Fsp3) is 0.348. The van der Waals surface area contributed by atoms with Crippen LogP contribution >= 0.6 is 0 Å². The highest BCUT2D eigenvalue weighted by molar-refractivity contribution is 5.89. The second kappa shape index (κ2) is 9.72. The van der Waals surface area contributed by atoms with Gasteiger partial charge in [-0.25, -0.2) is 0 Å². The number of hydrogen-bond donors (Lipinski definition) is 7. The number of fused-ring (bicyclic) bond motifs is 1. The molecule has 0 aliphatic carbocycles. The molecule has 36 heavy (non-hydrogen) atoms. The third-order valence-electron chi connectivity index (χ3n) is 5.79. The smallest absolute Gasteiger partial charge is 0.229 e. The third kappa shape index (κ3) is 4.23. The Labute approximate surface area is 202 Å². The first-order chi connectivity index (χ1) is 17.1. The van der Waals surface area contributed by atoms with E-state index in [-0.39, 0.29) is 39.5 Å². The van der Waals surface area contributed by atoms with E-state index in [1.807, 2.05) is 0 Å². The van der Waals surface area contributed by atoms with Gasteiger partial charge in [0.15, 0.2) is 28.4 Å². The largest absolute Gasteiger partial charge is 0.504 e. The second-order valence-corrected chi connectivity index (χ2v) is 7.96. The first-order valence-electron chi connectivity index (χ1n) is 10.6. The highest BCUT2D eigenvalue weighted by Gasteiger charge is 2.45. The van der Waals surface area contributed by atoms with E-state index in [1.54, 1.807) is 0 Å². The van der Waals surface area contributed by atoms with E-state index in [0.717, 1.165) is 12.1 Å². The van der Waals surface area contributed by atoms with Crippen LogP contribution in [0.2, 0.25) is 0 Å². The van der Waals surface area contributed by atoms with E-state index >= 15 is 0 Å². The summed E-state index contributed by atoms with van der Waals surface area (Å²) in [5.41, 5.74) is -0.702. The van der Waals surface area contributed by atoms with E-state index in [0.29, 0.717) is 0 Å². The average molecular weight is 508 g/mol. The summed E-state index contributed by atoms with van der Waals surface area (Å²) in [5.74, 6) is -2.48. The van der Waals surface area contributed by atoms with Crippen molar-refractivity contribution in [3.8, 4) is 45.8 Å². The molecule has 5 atom stereocenters. The zero-order valence-electron chi connectivity index (χ0n) is 19.0. The van der Waals surface area contributed by atoms with Crippen molar-refractivity contribution >= 4 is 11.0 Å². The third-order valence-corrected chi connectivity index (χ3v) is 5.79. The summed E-state index contributed by atoms with van der Waals surface area (Å²) in [5, 5.41) is 70.1. The Kier molecular flexibility index (Phi) is 6.84. The van der Waals surface area contributed by atoms with Gasteiger partial charge in [-0.1, -0.05) is 0 Å². The van der Waals surface area contributed by atoms with Gasteiger partial charge in [0.05, 0.1) is 20.8 Å². The minimum Gasteiger partial charge on any atom is -0.504 e. The van der Waals surface area contributed by atoms with Gasteiger partial charge >= 0.3 is 0 Å². The van der Waals surface area contributed by atoms with Crippen LogP contribution in [0.4, 0.5) is 0 Å². The molecule has 5 unspecified atom stereocenters. The van der Waals surface area contributed by atoms with Crippen LogP contribution in [0.5, 0.6) is 34.5 Å². The molecule has 3 aromatic rings. The van der Waals surface area contributed by atoms with E-state index in [4.69, 9.17) is 23.4 Å². The summed E-state index contributed by atoms with van der Waals surface area (Å²) in [4.78, 5) is 12.8. The molecule has 0 saturated carbocycles. The molecule has 1 aliphatic heterocycles. The quantitative estimate of drug-likeness (QED) is 0.215. The Balaban J connectivity index is 1.80. The standard InChI is InChI=1S/C23H24O13/c1-32-12-3-8(4-13(33-2)17(12)26)10-5-9(25)16-11(34-10)6-14(18(27)20(16)29)35-23-22(31)21(30)19(28)15(7-24)36-23/h3-6,15,19,21-24,26-31H,7H2,1-2H3. The maximum atomic E-state index is 12.8. The normalized spacial score (nSPS) is 24.0. The summed E-state index contributed by atoms with van der Waals surface area (Å²) in [6, 6.07) is 4.86. The molecule has 194 valence electrons. The van der Waals surface area contributed by atoms with Crippen molar-refractivity contribution < 1.29 is 59.1 Å². The van der Waals surface area contributed by atoms with Crippen molar-refractivity contribution in [3.63, 3.8) is 0 Å². The van der Waals surface area contributed by atoms with Gasteiger partial charge in [-0.15, -0.1) is 0 Å². The number of phenolic OH excluding ortho intramolecular Hbond substituents is 3. The van der Waals surface area contributed by atoms with E-state index in [2.05, 4.69) is 0 Å². The lowest BCUT2D eigenvalue weighted by Gasteiger charge is -2.39. The first kappa shape index (κ1) is 25.3. The lowest BCUT2D eigenvalue weighted by molar-refractivity contribution is -0.277. The molecule has 0 radical (unpaired) electrons. The fourth-order valence-corrected chi connectivity index (χ4v) is 3.83. The van der Waals surface area contributed by atoms with Crippen LogP contribution in [0.3, 0.4) is 0 Å². The van der Waals surface area contributed by atoms with Gasteiger partial charge in [-0.3, -0.25) is 4.79 Å². The summed E-state index contributed by atoms with van der Waals surface area (Å²) in [7, 11) is 2.64. The monoisotopic (exact) mass is 508 g/mol. The number of aliphatic hydroxyl groups is 4. The van der Waals surface area contributed by atoms with Crippen molar-refractivity contribution in [1.82, 2.24) is 0 Å². The molecular formula is C23H24O13. The number of aliphatic hydroxyl groups excluding tert-OH is 4. The van der Waals surface area contributed by atoms with Crippen LogP contribution in [-0.4, -0.2) is 87.3 Å². The maximum Gasteiger partial charge on any atom is 0.229 e. The number of methoxy groups -OCH3 is 2. The van der Waals surface area contributed by atoms with Crippen LogP contribution in [0.25, 0.3) is 22.3 Å². The van der Waals surface area contributed by atoms with Gasteiger partial charge in [0, 0.05) is 17.7 Å². The van der Waals surface area contributed by atoms with Gasteiger partial charge in [0.25, 0.3) is 0 Å². The molecule has 4 rings (SSSR count). The molecule has 1 saturated heterocycles. The van der Waals surface area contributed by atoms with Gasteiger partial charge in [0.2, 0.25) is 17.8 Å². The molecule has 0 bridgehead atoms. The number of benzene rings is 2. The van der Waals surface area contributed by atoms with Crippen LogP contribution in [0.15, 0.2) is 33.5 Å². The Morgan fingerprint density at radius 1 is 0.833 bits per heavy atom. The highest BCUT2D eigenvalue weighted by Crippen LogP contribution is 2.44. The molecule has 1 aliphatic rings. The Bertz CT molecular complexity index is 1310. The van der Waals surface area contributed by atoms with Gasteiger partial charge in [-0.2, -0.15) is 0 Å². The van der Waals surface area contributed by atoms with Gasteiger partial charge in [-0.05, 0) is 12.1 Å². The predicted molar refractivity (Wildman–Crippen MR) is 120 cm³/mol.